The number of hydrogen-bond acceptors (Lipinski definition) is 1. The minimum atomic E-state index is -1.91. The van der Waals surface area contributed by atoms with Crippen molar-refractivity contribution in [3.63, 3.8) is 0 Å². The summed E-state index contributed by atoms with van der Waals surface area (Å²) in [6.07, 6.45) is 1.85. The molecule has 1 aliphatic carbocycles. The number of rotatable bonds is 5. The Labute approximate surface area is 168 Å². The van der Waals surface area contributed by atoms with Crippen LogP contribution in [0.1, 0.15) is 59.6 Å². The zero-order chi connectivity index (χ0) is 20.7. The average Bonchev–Trinajstić information content (AvgIpc) is 2.75. The zero-order valence-corrected chi connectivity index (χ0v) is 20.1. The molecule has 0 heterocycles. The largest absolute Gasteiger partial charge is 0.489 e. The summed E-state index contributed by atoms with van der Waals surface area (Å²) in [6, 6.07) is 4.69. The molecular formula is C25H38OSi. The van der Waals surface area contributed by atoms with Gasteiger partial charge in [0.25, 0.3) is 0 Å². The van der Waals surface area contributed by atoms with E-state index in [1.54, 1.807) is 5.20 Å². The summed E-state index contributed by atoms with van der Waals surface area (Å²) in [6.45, 7) is 27.7. The van der Waals surface area contributed by atoms with E-state index in [1.807, 2.05) is 6.08 Å². The van der Waals surface area contributed by atoms with Crippen molar-refractivity contribution in [3.8, 4) is 5.75 Å². The van der Waals surface area contributed by atoms with Crippen molar-refractivity contribution in [1.29, 1.82) is 0 Å². The Morgan fingerprint density at radius 1 is 1.07 bits per heavy atom. The van der Waals surface area contributed by atoms with Crippen LogP contribution in [0.25, 0.3) is 0 Å². The van der Waals surface area contributed by atoms with Crippen molar-refractivity contribution >= 4 is 13.3 Å². The minimum absolute atomic E-state index is 0.0382. The highest BCUT2D eigenvalue weighted by Gasteiger charge is 2.40. The first-order valence-corrected chi connectivity index (χ1v) is 13.1. The lowest BCUT2D eigenvalue weighted by molar-refractivity contribution is 0.354. The minimum Gasteiger partial charge on any atom is -0.489 e. The molecule has 0 spiro atoms. The van der Waals surface area contributed by atoms with E-state index in [0.29, 0.717) is 12.5 Å². The van der Waals surface area contributed by atoms with Crippen LogP contribution in [0.15, 0.2) is 46.7 Å². The van der Waals surface area contributed by atoms with Crippen molar-refractivity contribution in [3.05, 3.63) is 57.8 Å². The number of allylic oxidation sites excluding steroid dienone is 4. The lowest BCUT2D eigenvalue weighted by Crippen LogP contribution is -2.47. The van der Waals surface area contributed by atoms with Gasteiger partial charge in [0.15, 0.2) is 0 Å². The van der Waals surface area contributed by atoms with Crippen LogP contribution >= 0.6 is 0 Å². The highest BCUT2D eigenvalue weighted by Crippen LogP contribution is 2.43. The molecule has 1 aromatic rings. The van der Waals surface area contributed by atoms with E-state index in [9.17, 15) is 0 Å². The first kappa shape index (κ1) is 21.8. The van der Waals surface area contributed by atoms with Crippen molar-refractivity contribution in [2.24, 2.45) is 5.92 Å². The molecule has 148 valence electrons. The molecule has 0 radical (unpaired) electrons. The third-order valence-corrected chi connectivity index (χ3v) is 10.2. The second-order valence-electron chi connectivity index (χ2n) is 9.73. The molecule has 1 aliphatic rings. The van der Waals surface area contributed by atoms with E-state index in [-0.39, 0.29) is 5.41 Å². The fraction of sp³-hybridized carbons (Fsp3) is 0.520. The Balaban J connectivity index is 2.77. The summed E-state index contributed by atoms with van der Waals surface area (Å²) in [7, 11) is -1.91. The average molecular weight is 383 g/mol. The molecule has 0 bridgehead atoms. The van der Waals surface area contributed by atoms with Gasteiger partial charge in [-0.3, -0.25) is 0 Å². The van der Waals surface area contributed by atoms with E-state index >= 15 is 0 Å². The highest BCUT2D eigenvalue weighted by atomic mass is 28.3. The van der Waals surface area contributed by atoms with Crippen LogP contribution < -0.4 is 9.92 Å². The molecule has 2 rings (SSSR count). The van der Waals surface area contributed by atoms with E-state index in [0.717, 1.165) is 5.75 Å². The third kappa shape index (κ3) is 3.87. The summed E-state index contributed by atoms with van der Waals surface area (Å²) in [5.41, 5.74) is 7.19. The Morgan fingerprint density at radius 3 is 2.11 bits per heavy atom. The fourth-order valence-corrected chi connectivity index (χ4v) is 8.69. The standard InChI is InChI=1S/C25H38OSi/c1-12-13-26-23-21(25(7,8)9)14-16(2)15-22(23)27(10,11)24-19(5)17(3)18(4)20(24)6/h12,14-15,19H,1,13H2,2-11H3. The van der Waals surface area contributed by atoms with Crippen LogP contribution in [0.4, 0.5) is 0 Å². The van der Waals surface area contributed by atoms with Crippen LogP contribution in [0.5, 0.6) is 5.75 Å². The number of benzene rings is 1. The molecule has 0 aromatic heterocycles. The maximum Gasteiger partial charge on any atom is 0.123 e. The molecule has 0 saturated carbocycles. The van der Waals surface area contributed by atoms with Crippen molar-refractivity contribution < 1.29 is 4.74 Å². The smallest absolute Gasteiger partial charge is 0.123 e. The summed E-state index contributed by atoms with van der Waals surface area (Å²) in [5, 5.41) is 3.09. The van der Waals surface area contributed by atoms with Gasteiger partial charge in [0, 0.05) is 0 Å². The first-order valence-electron chi connectivity index (χ1n) is 10.1. The van der Waals surface area contributed by atoms with Crippen molar-refractivity contribution in [1.82, 2.24) is 0 Å². The van der Waals surface area contributed by atoms with E-state index in [2.05, 4.69) is 87.2 Å². The predicted molar refractivity (Wildman–Crippen MR) is 123 cm³/mol. The van der Waals surface area contributed by atoms with Crippen LogP contribution in [0.2, 0.25) is 13.1 Å². The Hall–Kier alpha value is -1.54. The van der Waals surface area contributed by atoms with Gasteiger partial charge < -0.3 is 4.74 Å². The SMILES string of the molecule is C=CCOc1c(C(C)(C)C)cc(C)cc1[Si](C)(C)C1=C(C)C(C)=C(C)C1C. The predicted octanol–water partition coefficient (Wildman–Crippen LogP) is 6.61. The summed E-state index contributed by atoms with van der Waals surface area (Å²) >= 11 is 0. The molecule has 27 heavy (non-hydrogen) atoms. The first-order chi connectivity index (χ1) is 12.3. The molecule has 0 saturated heterocycles. The Morgan fingerprint density at radius 2 is 1.67 bits per heavy atom. The summed E-state index contributed by atoms with van der Waals surface area (Å²) in [5.74, 6) is 1.62. The molecule has 0 amide bonds. The van der Waals surface area contributed by atoms with Gasteiger partial charge in [0.05, 0.1) is 0 Å². The monoisotopic (exact) mass is 382 g/mol. The van der Waals surface area contributed by atoms with Gasteiger partial charge in [-0.05, 0) is 55.4 Å². The van der Waals surface area contributed by atoms with Gasteiger partial charge in [0.1, 0.15) is 20.4 Å². The zero-order valence-electron chi connectivity index (χ0n) is 19.1. The second kappa shape index (κ2) is 7.47. The van der Waals surface area contributed by atoms with Crippen LogP contribution in [-0.4, -0.2) is 14.7 Å². The van der Waals surface area contributed by atoms with Gasteiger partial charge in [-0.2, -0.15) is 0 Å². The fourth-order valence-electron chi connectivity index (χ4n) is 4.61. The van der Waals surface area contributed by atoms with Crippen molar-refractivity contribution in [2.75, 3.05) is 6.61 Å². The topological polar surface area (TPSA) is 9.23 Å². The van der Waals surface area contributed by atoms with Crippen LogP contribution in [0.3, 0.4) is 0 Å². The number of hydrogen-bond donors (Lipinski definition) is 0. The molecular weight excluding hydrogens is 344 g/mol. The molecule has 0 fully saturated rings. The molecule has 0 aliphatic heterocycles. The second-order valence-corrected chi connectivity index (χ2v) is 14.1. The normalized spacial score (nSPS) is 18.4. The molecule has 1 unspecified atom stereocenters. The maximum atomic E-state index is 6.35. The van der Waals surface area contributed by atoms with Gasteiger partial charge in [-0.25, -0.2) is 0 Å². The van der Waals surface area contributed by atoms with Gasteiger partial charge in [-0.1, -0.05) is 87.5 Å². The van der Waals surface area contributed by atoms with Gasteiger partial charge in [0.2, 0.25) is 0 Å². The molecule has 1 aromatic carbocycles. The van der Waals surface area contributed by atoms with Crippen molar-refractivity contribution in [2.45, 2.75) is 73.9 Å². The van der Waals surface area contributed by atoms with Gasteiger partial charge >= 0.3 is 0 Å². The third-order valence-electron chi connectivity index (χ3n) is 6.37. The quantitative estimate of drug-likeness (QED) is 0.411. The van der Waals surface area contributed by atoms with Crippen LogP contribution in [-0.2, 0) is 5.41 Å². The van der Waals surface area contributed by atoms with E-state index < -0.39 is 8.07 Å². The van der Waals surface area contributed by atoms with E-state index in [1.165, 1.54) is 33.0 Å². The molecule has 0 N–H and O–H groups in total. The maximum absolute atomic E-state index is 6.35. The summed E-state index contributed by atoms with van der Waals surface area (Å²) < 4.78 is 6.35. The number of aryl methyl sites for hydroxylation is 1. The lowest BCUT2D eigenvalue weighted by atomic mass is 9.85. The molecule has 1 atom stereocenters. The highest BCUT2D eigenvalue weighted by molar-refractivity contribution is 6.96. The summed E-state index contributed by atoms with van der Waals surface area (Å²) in [4.78, 5) is 0. The molecule has 1 nitrogen and oxygen atoms in total. The number of ether oxygens (including phenoxy) is 1. The van der Waals surface area contributed by atoms with Crippen LogP contribution in [0, 0.1) is 12.8 Å². The lowest BCUT2D eigenvalue weighted by Gasteiger charge is -2.34. The molecule has 2 heteroatoms. The van der Waals surface area contributed by atoms with E-state index in [4.69, 9.17) is 4.74 Å². The van der Waals surface area contributed by atoms with Gasteiger partial charge in [-0.15, -0.1) is 0 Å². The Kier molecular flexibility index (Phi) is 6.01. The Bertz CT molecular complexity index is 815.